The zero-order valence-electron chi connectivity index (χ0n) is 12.2. The van der Waals surface area contributed by atoms with E-state index in [0.717, 1.165) is 9.75 Å². The maximum Gasteiger partial charge on any atom is 0.340 e. The minimum atomic E-state index is -0.465. The third-order valence-electron chi connectivity index (χ3n) is 2.35. The summed E-state index contributed by atoms with van der Waals surface area (Å²) in [5.41, 5.74) is 0.670. The molecule has 0 N–H and O–H groups in total. The second-order valence-corrected chi connectivity index (χ2v) is 6.30. The molecule has 0 radical (unpaired) electrons. The number of esters is 2. The van der Waals surface area contributed by atoms with E-state index >= 15 is 0 Å². The fourth-order valence-corrected chi connectivity index (χ4v) is 2.76. The Balaban J connectivity index is 3.17. The first kappa shape index (κ1) is 15.7. The molecule has 0 saturated heterocycles. The summed E-state index contributed by atoms with van der Waals surface area (Å²) in [5.74, 6) is -0.930. The molecule has 19 heavy (non-hydrogen) atoms. The highest BCUT2D eigenvalue weighted by Gasteiger charge is 2.27. The molecule has 106 valence electrons. The zero-order valence-corrected chi connectivity index (χ0v) is 13.0. The molecule has 4 nitrogen and oxygen atoms in total. The molecule has 1 heterocycles. The molecule has 0 amide bonds. The average Bonchev–Trinajstić information content (AvgIpc) is 2.51. The van der Waals surface area contributed by atoms with Crippen LogP contribution in [0.3, 0.4) is 0 Å². The summed E-state index contributed by atoms with van der Waals surface area (Å²) < 4.78 is 10.4. The van der Waals surface area contributed by atoms with E-state index in [1.54, 1.807) is 41.5 Å². The lowest BCUT2D eigenvalue weighted by Gasteiger charge is -2.11. The molecule has 1 rings (SSSR count). The van der Waals surface area contributed by atoms with E-state index in [-0.39, 0.29) is 12.2 Å². The van der Waals surface area contributed by atoms with Gasteiger partial charge in [-0.2, -0.15) is 0 Å². The van der Waals surface area contributed by atoms with E-state index in [0.29, 0.717) is 11.1 Å². The van der Waals surface area contributed by atoms with Gasteiger partial charge in [-0.15, -0.1) is 11.3 Å². The van der Waals surface area contributed by atoms with Crippen molar-refractivity contribution < 1.29 is 19.1 Å². The highest BCUT2D eigenvalue weighted by Crippen LogP contribution is 2.29. The predicted molar refractivity (Wildman–Crippen MR) is 74.9 cm³/mol. The number of carbonyl (C=O) groups is 2. The van der Waals surface area contributed by atoms with Gasteiger partial charge in [-0.3, -0.25) is 0 Å². The van der Waals surface area contributed by atoms with Crippen molar-refractivity contribution in [2.45, 2.75) is 53.8 Å². The van der Waals surface area contributed by atoms with E-state index in [4.69, 9.17) is 9.47 Å². The number of hydrogen-bond acceptors (Lipinski definition) is 5. The van der Waals surface area contributed by atoms with Gasteiger partial charge in [0.1, 0.15) is 0 Å². The number of ether oxygens (including phenoxy) is 2. The molecule has 1 aromatic heterocycles. The van der Waals surface area contributed by atoms with Gasteiger partial charge in [-0.05, 0) is 41.5 Å². The normalized spacial score (nSPS) is 10.9. The molecule has 0 aliphatic carbocycles. The van der Waals surface area contributed by atoms with Crippen LogP contribution in [0.15, 0.2) is 0 Å². The maximum atomic E-state index is 12.1. The van der Waals surface area contributed by atoms with Crippen LogP contribution in [0.2, 0.25) is 0 Å². The van der Waals surface area contributed by atoms with Crippen molar-refractivity contribution in [2.24, 2.45) is 0 Å². The summed E-state index contributed by atoms with van der Waals surface area (Å²) in [6.07, 6.45) is -0.442. The standard InChI is InChI=1S/C14H20O4S/c1-7(2)17-13(15)11-9(5)19-10(6)12(11)14(16)18-8(3)4/h7-8H,1-6H3. The molecule has 1 aromatic rings. The summed E-state index contributed by atoms with van der Waals surface area (Å²) in [5, 5.41) is 0. The van der Waals surface area contributed by atoms with Crippen LogP contribution in [0.1, 0.15) is 58.2 Å². The third-order valence-corrected chi connectivity index (χ3v) is 3.37. The van der Waals surface area contributed by atoms with Gasteiger partial charge < -0.3 is 9.47 Å². The van der Waals surface area contributed by atoms with Gasteiger partial charge in [0.05, 0.1) is 23.3 Å². The van der Waals surface area contributed by atoms with Crippen molar-refractivity contribution in [2.75, 3.05) is 0 Å². The van der Waals surface area contributed by atoms with Gasteiger partial charge in [0.15, 0.2) is 0 Å². The first-order chi connectivity index (χ1) is 8.73. The minimum absolute atomic E-state index is 0.221. The molecule has 0 aliphatic heterocycles. The SMILES string of the molecule is Cc1sc(C)c(C(=O)OC(C)C)c1C(=O)OC(C)C. The van der Waals surface area contributed by atoms with Gasteiger partial charge in [-0.25, -0.2) is 9.59 Å². The Morgan fingerprint density at radius 2 is 1.16 bits per heavy atom. The first-order valence-corrected chi connectivity index (χ1v) is 7.07. The monoisotopic (exact) mass is 284 g/mol. The van der Waals surface area contributed by atoms with Crippen LogP contribution in [0.5, 0.6) is 0 Å². The molecule has 0 fully saturated rings. The van der Waals surface area contributed by atoms with Crippen LogP contribution < -0.4 is 0 Å². The van der Waals surface area contributed by atoms with Crippen LogP contribution in [-0.4, -0.2) is 24.1 Å². The van der Waals surface area contributed by atoms with Crippen LogP contribution in [0.4, 0.5) is 0 Å². The topological polar surface area (TPSA) is 52.6 Å². The van der Waals surface area contributed by atoms with Crippen molar-refractivity contribution in [1.29, 1.82) is 0 Å². The largest absolute Gasteiger partial charge is 0.459 e. The third kappa shape index (κ3) is 3.80. The Labute approximate surface area is 117 Å². The van der Waals surface area contributed by atoms with E-state index in [1.165, 1.54) is 11.3 Å². The zero-order chi connectivity index (χ0) is 14.7. The van der Waals surface area contributed by atoms with Gasteiger partial charge >= 0.3 is 11.9 Å². The minimum Gasteiger partial charge on any atom is -0.459 e. The highest BCUT2D eigenvalue weighted by molar-refractivity contribution is 7.12. The molecule has 0 spiro atoms. The van der Waals surface area contributed by atoms with Crippen LogP contribution in [0, 0.1) is 13.8 Å². The quantitative estimate of drug-likeness (QED) is 0.794. The van der Waals surface area contributed by atoms with Crippen molar-refractivity contribution in [1.82, 2.24) is 0 Å². The predicted octanol–water partition coefficient (Wildman–Crippen LogP) is 3.50. The second-order valence-electron chi connectivity index (χ2n) is 4.87. The smallest absolute Gasteiger partial charge is 0.340 e. The Bertz CT molecular complexity index is 443. The Hall–Kier alpha value is -1.36. The highest BCUT2D eigenvalue weighted by atomic mass is 32.1. The van der Waals surface area contributed by atoms with Crippen molar-refractivity contribution in [3.63, 3.8) is 0 Å². The van der Waals surface area contributed by atoms with E-state index in [9.17, 15) is 9.59 Å². The van der Waals surface area contributed by atoms with Gasteiger partial charge in [0, 0.05) is 9.75 Å². The molecule has 0 bridgehead atoms. The molecule has 0 aliphatic rings. The van der Waals surface area contributed by atoms with Crippen molar-refractivity contribution >= 4 is 23.3 Å². The molecular formula is C14H20O4S. The van der Waals surface area contributed by atoms with E-state index in [2.05, 4.69) is 0 Å². The van der Waals surface area contributed by atoms with Crippen LogP contribution in [0.25, 0.3) is 0 Å². The Morgan fingerprint density at radius 3 is 1.42 bits per heavy atom. The van der Waals surface area contributed by atoms with Crippen LogP contribution >= 0.6 is 11.3 Å². The number of hydrogen-bond donors (Lipinski definition) is 0. The van der Waals surface area contributed by atoms with E-state index < -0.39 is 11.9 Å². The molecule has 0 saturated carbocycles. The van der Waals surface area contributed by atoms with Gasteiger partial charge in [0.2, 0.25) is 0 Å². The van der Waals surface area contributed by atoms with E-state index in [1.807, 2.05) is 0 Å². The summed E-state index contributed by atoms with van der Waals surface area (Å²) in [7, 11) is 0. The van der Waals surface area contributed by atoms with Crippen LogP contribution in [-0.2, 0) is 9.47 Å². The maximum absolute atomic E-state index is 12.1. The fraction of sp³-hybridized carbons (Fsp3) is 0.571. The summed E-state index contributed by atoms with van der Waals surface area (Å²) in [6, 6.07) is 0. The number of rotatable bonds is 4. The molecule has 0 aromatic carbocycles. The lowest BCUT2D eigenvalue weighted by atomic mass is 10.1. The summed E-state index contributed by atoms with van der Waals surface area (Å²) in [6.45, 7) is 10.7. The van der Waals surface area contributed by atoms with Gasteiger partial charge in [-0.1, -0.05) is 0 Å². The Morgan fingerprint density at radius 1 is 0.842 bits per heavy atom. The first-order valence-electron chi connectivity index (χ1n) is 6.26. The fourth-order valence-electron chi connectivity index (χ4n) is 1.72. The summed E-state index contributed by atoms with van der Waals surface area (Å²) in [4.78, 5) is 25.7. The average molecular weight is 284 g/mol. The number of aryl methyl sites for hydroxylation is 2. The number of thiophene rings is 1. The van der Waals surface area contributed by atoms with Gasteiger partial charge in [0.25, 0.3) is 0 Å². The summed E-state index contributed by atoms with van der Waals surface area (Å²) >= 11 is 1.41. The molecule has 5 heteroatoms. The lowest BCUT2D eigenvalue weighted by molar-refractivity contribution is 0.0328. The molecule has 0 atom stereocenters. The van der Waals surface area contributed by atoms with Crippen molar-refractivity contribution in [3.8, 4) is 0 Å². The van der Waals surface area contributed by atoms with Crippen molar-refractivity contribution in [3.05, 3.63) is 20.9 Å². The molecule has 0 unspecified atom stereocenters. The Kier molecular flexibility index (Phi) is 5.11. The second kappa shape index (κ2) is 6.19. The number of carbonyl (C=O) groups excluding carboxylic acids is 2. The lowest BCUT2D eigenvalue weighted by Crippen LogP contribution is -2.18. The molecular weight excluding hydrogens is 264 g/mol.